The van der Waals surface area contributed by atoms with E-state index in [1.54, 1.807) is 29.7 Å². The van der Waals surface area contributed by atoms with E-state index in [1.807, 2.05) is 27.8 Å². The number of hydrogen-bond acceptors (Lipinski definition) is 6. The third-order valence-corrected chi connectivity index (χ3v) is 4.83. The summed E-state index contributed by atoms with van der Waals surface area (Å²) in [5.74, 6) is 1.18. The molecule has 6 nitrogen and oxygen atoms in total. The van der Waals surface area contributed by atoms with Gasteiger partial charge in [0.15, 0.2) is 0 Å². The van der Waals surface area contributed by atoms with Crippen LogP contribution < -0.4 is 0 Å². The third kappa shape index (κ3) is 2.94. The number of thiophene rings is 1. The molecule has 0 spiro atoms. The van der Waals surface area contributed by atoms with Gasteiger partial charge in [0.2, 0.25) is 11.8 Å². The van der Waals surface area contributed by atoms with E-state index in [4.69, 9.17) is 4.42 Å². The number of rotatable bonds is 3. The van der Waals surface area contributed by atoms with E-state index in [0.29, 0.717) is 24.0 Å². The van der Waals surface area contributed by atoms with Crippen molar-refractivity contribution in [2.24, 2.45) is 0 Å². The zero-order chi connectivity index (χ0) is 16.4. The SMILES string of the molecule is O=C(c1ccccn1)N1CCCC(c2nnc(-c3ccsc3)o2)C1. The topological polar surface area (TPSA) is 72.1 Å². The summed E-state index contributed by atoms with van der Waals surface area (Å²) in [5.41, 5.74) is 1.42. The Bertz CT molecular complexity index is 816. The van der Waals surface area contributed by atoms with Gasteiger partial charge >= 0.3 is 0 Å². The fourth-order valence-electron chi connectivity index (χ4n) is 2.92. The van der Waals surface area contributed by atoms with Gasteiger partial charge in [-0.3, -0.25) is 9.78 Å². The fraction of sp³-hybridized carbons (Fsp3) is 0.294. The van der Waals surface area contributed by atoms with Crippen molar-refractivity contribution >= 4 is 17.2 Å². The van der Waals surface area contributed by atoms with E-state index < -0.39 is 0 Å². The predicted octanol–water partition coefficient (Wildman–Crippen LogP) is 3.21. The van der Waals surface area contributed by atoms with E-state index in [9.17, 15) is 4.79 Å². The molecule has 1 unspecified atom stereocenters. The van der Waals surface area contributed by atoms with Crippen LogP contribution in [0.25, 0.3) is 11.5 Å². The number of aromatic nitrogens is 3. The molecule has 4 heterocycles. The summed E-state index contributed by atoms with van der Waals surface area (Å²) in [5, 5.41) is 12.3. The minimum atomic E-state index is -0.0436. The van der Waals surface area contributed by atoms with Gasteiger partial charge in [-0.1, -0.05) is 6.07 Å². The Morgan fingerprint density at radius 2 is 2.25 bits per heavy atom. The number of hydrogen-bond donors (Lipinski definition) is 0. The smallest absolute Gasteiger partial charge is 0.272 e. The second-order valence-corrected chi connectivity index (χ2v) is 6.54. The van der Waals surface area contributed by atoms with E-state index in [-0.39, 0.29) is 11.8 Å². The highest BCUT2D eigenvalue weighted by Crippen LogP contribution is 2.29. The number of likely N-dealkylation sites (tertiary alicyclic amines) is 1. The van der Waals surface area contributed by atoms with Crippen LogP contribution in [-0.4, -0.2) is 39.1 Å². The highest BCUT2D eigenvalue weighted by Gasteiger charge is 2.29. The first-order valence-electron chi connectivity index (χ1n) is 7.87. The summed E-state index contributed by atoms with van der Waals surface area (Å²) in [6.45, 7) is 1.32. The number of pyridine rings is 1. The van der Waals surface area contributed by atoms with Gasteiger partial charge in [0.1, 0.15) is 5.69 Å². The normalized spacial score (nSPS) is 17.8. The van der Waals surface area contributed by atoms with Gasteiger partial charge in [-0.25, -0.2) is 0 Å². The molecule has 1 aliphatic rings. The molecule has 1 amide bonds. The van der Waals surface area contributed by atoms with Crippen LogP contribution in [0, 0.1) is 0 Å². The summed E-state index contributed by atoms with van der Waals surface area (Å²) in [6, 6.07) is 7.33. The molecule has 7 heteroatoms. The van der Waals surface area contributed by atoms with Crippen LogP contribution in [0.4, 0.5) is 0 Å². The van der Waals surface area contributed by atoms with Crippen LogP contribution in [0.5, 0.6) is 0 Å². The van der Waals surface area contributed by atoms with Crippen LogP contribution >= 0.6 is 11.3 Å². The van der Waals surface area contributed by atoms with Gasteiger partial charge in [0, 0.05) is 30.2 Å². The summed E-state index contributed by atoms with van der Waals surface area (Å²) in [4.78, 5) is 18.5. The average molecular weight is 340 g/mol. The zero-order valence-corrected chi connectivity index (χ0v) is 13.8. The third-order valence-electron chi connectivity index (χ3n) is 4.15. The van der Waals surface area contributed by atoms with E-state index >= 15 is 0 Å². The second-order valence-electron chi connectivity index (χ2n) is 5.76. The molecule has 24 heavy (non-hydrogen) atoms. The molecule has 1 aliphatic heterocycles. The predicted molar refractivity (Wildman–Crippen MR) is 89.7 cm³/mol. The van der Waals surface area contributed by atoms with Crippen molar-refractivity contribution in [3.8, 4) is 11.5 Å². The lowest BCUT2D eigenvalue weighted by Crippen LogP contribution is -2.39. The van der Waals surface area contributed by atoms with E-state index in [0.717, 1.165) is 24.9 Å². The minimum absolute atomic E-state index is 0.0436. The Hall–Kier alpha value is -2.54. The minimum Gasteiger partial charge on any atom is -0.420 e. The summed E-state index contributed by atoms with van der Waals surface area (Å²) in [6.07, 6.45) is 3.50. The summed E-state index contributed by atoms with van der Waals surface area (Å²) in [7, 11) is 0. The molecule has 0 saturated carbocycles. The highest BCUT2D eigenvalue weighted by molar-refractivity contribution is 7.08. The molecule has 0 aliphatic carbocycles. The number of nitrogens with zero attached hydrogens (tertiary/aromatic N) is 4. The first-order chi connectivity index (χ1) is 11.8. The van der Waals surface area contributed by atoms with Crippen LogP contribution in [0.15, 0.2) is 45.6 Å². The molecule has 3 aromatic rings. The average Bonchev–Trinajstić information content (AvgIpc) is 3.33. The maximum Gasteiger partial charge on any atom is 0.272 e. The Labute approximate surface area is 143 Å². The van der Waals surface area contributed by atoms with Crippen molar-refractivity contribution in [1.29, 1.82) is 0 Å². The lowest BCUT2D eigenvalue weighted by molar-refractivity contribution is 0.0692. The zero-order valence-electron chi connectivity index (χ0n) is 13.0. The molecule has 4 rings (SSSR count). The van der Waals surface area contributed by atoms with Crippen molar-refractivity contribution in [2.45, 2.75) is 18.8 Å². The number of piperidine rings is 1. The highest BCUT2D eigenvalue weighted by atomic mass is 32.1. The molecule has 122 valence electrons. The molecule has 1 saturated heterocycles. The molecular formula is C17H16N4O2S. The van der Waals surface area contributed by atoms with Gasteiger partial charge in [-0.2, -0.15) is 11.3 Å². The quantitative estimate of drug-likeness (QED) is 0.732. The monoisotopic (exact) mass is 340 g/mol. The molecule has 0 radical (unpaired) electrons. The molecule has 0 aromatic carbocycles. The van der Waals surface area contributed by atoms with Crippen molar-refractivity contribution < 1.29 is 9.21 Å². The molecule has 1 atom stereocenters. The Morgan fingerprint density at radius 3 is 3.04 bits per heavy atom. The summed E-state index contributed by atoms with van der Waals surface area (Å²) >= 11 is 1.59. The Kier molecular flexibility index (Phi) is 4.08. The fourth-order valence-corrected chi connectivity index (χ4v) is 3.55. The van der Waals surface area contributed by atoms with Crippen LogP contribution in [0.2, 0.25) is 0 Å². The van der Waals surface area contributed by atoms with Crippen LogP contribution in [0.1, 0.15) is 35.1 Å². The molecule has 0 N–H and O–H groups in total. The van der Waals surface area contributed by atoms with Gasteiger partial charge in [0.05, 0.1) is 5.92 Å². The number of carbonyl (C=O) groups is 1. The lowest BCUT2D eigenvalue weighted by Gasteiger charge is -2.30. The maximum atomic E-state index is 12.6. The van der Waals surface area contributed by atoms with Crippen molar-refractivity contribution in [3.63, 3.8) is 0 Å². The number of carbonyl (C=O) groups excluding carboxylic acids is 1. The molecular weight excluding hydrogens is 324 g/mol. The molecule has 1 fully saturated rings. The molecule has 3 aromatic heterocycles. The lowest BCUT2D eigenvalue weighted by atomic mass is 9.97. The number of amides is 1. The van der Waals surface area contributed by atoms with E-state index in [1.165, 1.54) is 0 Å². The van der Waals surface area contributed by atoms with Crippen molar-refractivity contribution in [2.75, 3.05) is 13.1 Å². The van der Waals surface area contributed by atoms with Gasteiger partial charge in [-0.15, -0.1) is 10.2 Å². The molecule has 0 bridgehead atoms. The summed E-state index contributed by atoms with van der Waals surface area (Å²) < 4.78 is 5.83. The first kappa shape index (κ1) is 15.0. The van der Waals surface area contributed by atoms with Crippen molar-refractivity contribution in [3.05, 3.63) is 52.8 Å². The van der Waals surface area contributed by atoms with Gasteiger partial charge in [0.25, 0.3) is 5.91 Å². The Balaban J connectivity index is 1.50. The van der Waals surface area contributed by atoms with Gasteiger partial charge in [-0.05, 0) is 36.4 Å². The van der Waals surface area contributed by atoms with Crippen LogP contribution in [0.3, 0.4) is 0 Å². The van der Waals surface area contributed by atoms with E-state index in [2.05, 4.69) is 15.2 Å². The Morgan fingerprint density at radius 1 is 1.29 bits per heavy atom. The standard InChI is InChI=1S/C17H16N4O2S/c22-17(14-5-1-2-7-18-14)21-8-3-4-12(10-21)15-19-20-16(23-15)13-6-9-24-11-13/h1-2,5-7,9,11-12H,3-4,8,10H2. The maximum absolute atomic E-state index is 12.6. The van der Waals surface area contributed by atoms with Gasteiger partial charge < -0.3 is 9.32 Å². The largest absolute Gasteiger partial charge is 0.420 e. The second kappa shape index (κ2) is 6.52. The van der Waals surface area contributed by atoms with Crippen LogP contribution in [-0.2, 0) is 0 Å². The van der Waals surface area contributed by atoms with Crippen molar-refractivity contribution in [1.82, 2.24) is 20.1 Å². The first-order valence-corrected chi connectivity index (χ1v) is 8.82.